The predicted octanol–water partition coefficient (Wildman–Crippen LogP) is 4.24. The van der Waals surface area contributed by atoms with E-state index < -0.39 is 20.3 Å². The Morgan fingerprint density at radius 2 is 1.91 bits per heavy atom. The molecule has 0 unspecified atom stereocenters. The van der Waals surface area contributed by atoms with Gasteiger partial charge in [0.15, 0.2) is 15.6 Å². The molecule has 2 heterocycles. The summed E-state index contributed by atoms with van der Waals surface area (Å²) >= 11 is 11.9. The Labute approximate surface area is 144 Å². The van der Waals surface area contributed by atoms with Crippen molar-refractivity contribution < 1.29 is 13.5 Å². The summed E-state index contributed by atoms with van der Waals surface area (Å²) in [6, 6.07) is 8.85. The number of sulfone groups is 1. The summed E-state index contributed by atoms with van der Waals surface area (Å²) in [6.45, 7) is 3.14. The van der Waals surface area contributed by atoms with Gasteiger partial charge >= 0.3 is 0 Å². The van der Waals surface area contributed by atoms with Crippen LogP contribution in [0.3, 0.4) is 0 Å². The van der Waals surface area contributed by atoms with Crippen LogP contribution >= 0.6 is 23.2 Å². The molecule has 23 heavy (non-hydrogen) atoms. The zero-order valence-corrected chi connectivity index (χ0v) is 14.6. The molecule has 1 aromatic carbocycles. The van der Waals surface area contributed by atoms with Gasteiger partial charge in [0.1, 0.15) is 10.6 Å². The Balaban J connectivity index is 2.44. The highest BCUT2D eigenvalue weighted by atomic mass is 35.5. The van der Waals surface area contributed by atoms with Crippen LogP contribution in [0.15, 0.2) is 30.5 Å². The van der Waals surface area contributed by atoms with Crippen LogP contribution in [0, 0.1) is 6.07 Å². The second-order valence-electron chi connectivity index (χ2n) is 5.62. The topological polar surface area (TPSA) is 67.3 Å². The molecule has 0 bridgehead atoms. The maximum atomic E-state index is 13.1. The Hall–Kier alpha value is -1.56. The molecule has 7 heteroatoms. The number of nitrogens with zero attached hydrogens (tertiary/aromatic N) is 1. The Morgan fingerprint density at radius 1 is 1.22 bits per heavy atom. The fourth-order valence-corrected chi connectivity index (χ4v) is 4.90. The first kappa shape index (κ1) is 16.3. The minimum Gasteiger partial charge on any atom is -0.504 e. The molecule has 1 aromatic heterocycles. The lowest BCUT2D eigenvalue weighted by atomic mass is 9.98. The highest BCUT2D eigenvalue weighted by Gasteiger charge is 2.47. The zero-order chi connectivity index (χ0) is 17.0. The molecule has 0 spiro atoms. The summed E-state index contributed by atoms with van der Waals surface area (Å²) in [5, 5.41) is 10.8. The summed E-state index contributed by atoms with van der Waals surface area (Å²) in [6.07, 6.45) is 1.50. The van der Waals surface area contributed by atoms with E-state index in [2.05, 4.69) is 11.1 Å². The number of fused-ring (bicyclic) bond motifs is 1. The molecule has 1 radical (unpaired) electrons. The number of aliphatic hydroxyl groups excluding tert-OH is 1. The van der Waals surface area contributed by atoms with E-state index in [0.29, 0.717) is 5.56 Å². The van der Waals surface area contributed by atoms with Gasteiger partial charge in [-0.1, -0.05) is 35.3 Å². The molecule has 0 amide bonds. The van der Waals surface area contributed by atoms with Gasteiger partial charge < -0.3 is 5.11 Å². The summed E-state index contributed by atoms with van der Waals surface area (Å²) in [4.78, 5) is 3.87. The number of hydrogen-bond acceptors (Lipinski definition) is 4. The molecule has 119 valence electrons. The van der Waals surface area contributed by atoms with Crippen LogP contribution in [0.1, 0.15) is 30.7 Å². The predicted molar refractivity (Wildman–Crippen MR) is 90.9 cm³/mol. The number of aliphatic hydroxyl groups is 1. The van der Waals surface area contributed by atoms with Gasteiger partial charge in [-0.05, 0) is 26.0 Å². The van der Waals surface area contributed by atoms with Crippen molar-refractivity contribution in [2.75, 3.05) is 0 Å². The first-order chi connectivity index (χ1) is 10.7. The summed E-state index contributed by atoms with van der Waals surface area (Å²) in [5.74, 6) is -0.419. The molecule has 4 nitrogen and oxygen atoms in total. The van der Waals surface area contributed by atoms with Crippen LogP contribution in [-0.2, 0) is 14.6 Å². The molecule has 0 saturated heterocycles. The third-order valence-electron chi connectivity index (χ3n) is 3.94. The normalized spacial score (nSPS) is 18.6. The first-order valence-corrected chi connectivity index (χ1v) is 8.93. The molecule has 1 aliphatic rings. The monoisotopic (exact) mass is 368 g/mol. The van der Waals surface area contributed by atoms with Gasteiger partial charge in [0.25, 0.3) is 0 Å². The second kappa shape index (κ2) is 5.23. The Kier molecular flexibility index (Phi) is 3.71. The van der Waals surface area contributed by atoms with E-state index in [-0.39, 0.29) is 26.2 Å². The van der Waals surface area contributed by atoms with Crippen molar-refractivity contribution in [1.29, 1.82) is 0 Å². The number of aromatic nitrogens is 1. The van der Waals surface area contributed by atoms with Gasteiger partial charge in [-0.2, -0.15) is 0 Å². The fourth-order valence-electron chi connectivity index (χ4n) is 2.61. The third kappa shape index (κ3) is 2.26. The number of benzene rings is 1. The molecule has 1 aliphatic heterocycles. The van der Waals surface area contributed by atoms with Crippen molar-refractivity contribution in [2.24, 2.45) is 0 Å². The Morgan fingerprint density at radius 3 is 2.57 bits per heavy atom. The molecular weight excluding hydrogens is 357 g/mol. The average Bonchev–Trinajstić information content (AvgIpc) is 2.48. The summed E-state index contributed by atoms with van der Waals surface area (Å²) in [5.41, 5.74) is 0.821. The van der Waals surface area contributed by atoms with Crippen LogP contribution in [0.25, 0.3) is 10.7 Å². The quantitative estimate of drug-likeness (QED) is 0.817. The van der Waals surface area contributed by atoms with E-state index in [9.17, 15) is 13.5 Å². The van der Waals surface area contributed by atoms with Crippen molar-refractivity contribution in [3.63, 3.8) is 0 Å². The molecule has 2 aromatic rings. The third-order valence-corrected chi connectivity index (χ3v) is 6.98. The highest BCUT2D eigenvalue weighted by Crippen LogP contribution is 2.48. The standard InChI is InChI=1S/C16H12Cl2NO3S/c1-16(2)11-4-3-7-19-13(11)14(20)15(23(16,21)22)10-6-5-9(17)8-12(10)18/h3-7,20H,1-2H3. The molecule has 1 N–H and O–H groups in total. The molecule has 0 fully saturated rings. The minimum absolute atomic E-state index is 0.0257. The summed E-state index contributed by atoms with van der Waals surface area (Å²) in [7, 11) is -3.91. The Bertz CT molecular complexity index is 950. The number of halogens is 2. The molecule has 0 saturated carbocycles. The maximum absolute atomic E-state index is 13.1. The van der Waals surface area contributed by atoms with Gasteiger partial charge in [0, 0.05) is 23.4 Å². The summed E-state index contributed by atoms with van der Waals surface area (Å²) < 4.78 is 24.9. The van der Waals surface area contributed by atoms with Gasteiger partial charge in [0.05, 0.1) is 14.8 Å². The van der Waals surface area contributed by atoms with E-state index >= 15 is 0 Å². The molecule has 0 atom stereocenters. The number of rotatable bonds is 1. The molecule has 0 aliphatic carbocycles. The van der Waals surface area contributed by atoms with Gasteiger partial charge in [-0.25, -0.2) is 8.42 Å². The first-order valence-electron chi connectivity index (χ1n) is 6.69. The lowest BCUT2D eigenvalue weighted by Crippen LogP contribution is -2.35. The van der Waals surface area contributed by atoms with E-state index in [1.165, 1.54) is 18.3 Å². The lowest BCUT2D eigenvalue weighted by molar-refractivity contribution is 0.501. The van der Waals surface area contributed by atoms with Crippen molar-refractivity contribution >= 4 is 43.7 Å². The maximum Gasteiger partial charge on any atom is 0.192 e. The number of pyridine rings is 1. The van der Waals surface area contributed by atoms with E-state index in [1.807, 2.05) is 0 Å². The van der Waals surface area contributed by atoms with E-state index in [1.54, 1.807) is 26.0 Å². The smallest absolute Gasteiger partial charge is 0.192 e. The molecular formula is C16H12Cl2NO3S. The van der Waals surface area contributed by atoms with Crippen LogP contribution in [-0.4, -0.2) is 18.5 Å². The van der Waals surface area contributed by atoms with Gasteiger partial charge in [-0.3, -0.25) is 4.98 Å². The van der Waals surface area contributed by atoms with Crippen molar-refractivity contribution in [2.45, 2.75) is 18.6 Å². The van der Waals surface area contributed by atoms with Crippen LogP contribution in [0.5, 0.6) is 0 Å². The van der Waals surface area contributed by atoms with Crippen LogP contribution < -0.4 is 0 Å². The van der Waals surface area contributed by atoms with Crippen molar-refractivity contribution in [1.82, 2.24) is 4.98 Å². The highest BCUT2D eigenvalue weighted by molar-refractivity contribution is 8.01. The van der Waals surface area contributed by atoms with E-state index in [4.69, 9.17) is 23.2 Å². The van der Waals surface area contributed by atoms with Gasteiger partial charge in [-0.15, -0.1) is 0 Å². The lowest BCUT2D eigenvalue weighted by Gasteiger charge is -2.33. The van der Waals surface area contributed by atoms with Gasteiger partial charge in [0.2, 0.25) is 0 Å². The largest absolute Gasteiger partial charge is 0.504 e. The number of hydrogen-bond donors (Lipinski definition) is 1. The van der Waals surface area contributed by atoms with Crippen LogP contribution in [0.2, 0.25) is 10.0 Å². The van der Waals surface area contributed by atoms with Crippen molar-refractivity contribution in [3.8, 4) is 0 Å². The van der Waals surface area contributed by atoms with E-state index in [0.717, 1.165) is 0 Å². The minimum atomic E-state index is -3.91. The second-order valence-corrected chi connectivity index (χ2v) is 8.85. The SMILES string of the molecule is CC1(C)c2cccnc2C(O)=C(c2ccc(Cl)[c]c2Cl)S1(=O)=O. The zero-order valence-electron chi connectivity index (χ0n) is 12.3. The van der Waals surface area contributed by atoms with Crippen LogP contribution in [0.4, 0.5) is 0 Å². The van der Waals surface area contributed by atoms with Crippen molar-refractivity contribution in [3.05, 3.63) is 63.4 Å². The fraction of sp³-hybridized carbons (Fsp3) is 0.188. The average molecular weight is 369 g/mol. The molecule has 3 rings (SSSR count).